The first kappa shape index (κ1) is 18.3. The minimum atomic E-state index is 0.616. The van der Waals surface area contributed by atoms with Gasteiger partial charge in [-0.3, -0.25) is 9.89 Å². The van der Waals surface area contributed by atoms with Crippen LogP contribution in [0.2, 0.25) is 0 Å². The Kier molecular flexibility index (Phi) is 6.53. The highest BCUT2D eigenvalue weighted by Crippen LogP contribution is 2.27. The van der Waals surface area contributed by atoms with Crippen molar-refractivity contribution >= 4 is 21.9 Å². The monoisotopic (exact) mass is 383 g/mol. The van der Waals surface area contributed by atoms with Crippen LogP contribution >= 0.6 is 15.9 Å². The van der Waals surface area contributed by atoms with E-state index in [1.807, 2.05) is 7.05 Å². The summed E-state index contributed by atoms with van der Waals surface area (Å²) in [5.41, 5.74) is 1.25. The van der Waals surface area contributed by atoms with Crippen LogP contribution in [-0.2, 0) is 13.6 Å². The number of nitrogens with one attached hydrogen (secondary N) is 1. The Morgan fingerprint density at radius 1 is 1.48 bits per heavy atom. The summed E-state index contributed by atoms with van der Waals surface area (Å²) >= 11 is 3.53. The van der Waals surface area contributed by atoms with Gasteiger partial charge in [-0.2, -0.15) is 0 Å². The minimum Gasteiger partial charge on any atom is -0.355 e. The molecule has 0 saturated heterocycles. The van der Waals surface area contributed by atoms with E-state index < -0.39 is 0 Å². The quantitative estimate of drug-likeness (QED) is 0.580. The number of aryl methyl sites for hydroxylation is 1. The lowest BCUT2D eigenvalue weighted by Crippen LogP contribution is -2.44. The topological polar surface area (TPSA) is 35.8 Å². The Morgan fingerprint density at radius 3 is 2.65 bits per heavy atom. The molecule has 0 atom stereocenters. The lowest BCUT2D eigenvalue weighted by Gasteiger charge is -2.28. The summed E-state index contributed by atoms with van der Waals surface area (Å²) in [4.78, 5) is 9.17. The third-order valence-corrected chi connectivity index (χ3v) is 4.81. The van der Waals surface area contributed by atoms with Crippen molar-refractivity contribution in [3.8, 4) is 0 Å². The molecule has 0 radical (unpaired) electrons. The summed E-state index contributed by atoms with van der Waals surface area (Å²) in [6.07, 6.45) is 4.79. The molecule has 0 unspecified atom stereocenters. The summed E-state index contributed by atoms with van der Waals surface area (Å²) in [5, 5.41) is 3.50. The molecule has 5 nitrogen and oxygen atoms in total. The first-order valence-corrected chi connectivity index (χ1v) is 9.20. The van der Waals surface area contributed by atoms with E-state index in [4.69, 9.17) is 0 Å². The molecule has 1 N–H and O–H groups in total. The highest BCUT2D eigenvalue weighted by molar-refractivity contribution is 9.10. The van der Waals surface area contributed by atoms with Gasteiger partial charge in [0.25, 0.3) is 0 Å². The fourth-order valence-corrected chi connectivity index (χ4v) is 3.56. The molecular formula is C17H30BrN5. The Balaban J connectivity index is 1.83. The van der Waals surface area contributed by atoms with Crippen LogP contribution in [0.5, 0.6) is 0 Å². The molecule has 0 bridgehead atoms. The van der Waals surface area contributed by atoms with Crippen LogP contribution in [0.15, 0.2) is 21.7 Å². The zero-order valence-corrected chi connectivity index (χ0v) is 16.6. The van der Waals surface area contributed by atoms with Crippen LogP contribution in [0.25, 0.3) is 0 Å². The number of aliphatic imine (C=N–C) groups is 1. The van der Waals surface area contributed by atoms with Crippen molar-refractivity contribution in [1.82, 2.24) is 19.7 Å². The Labute approximate surface area is 148 Å². The van der Waals surface area contributed by atoms with E-state index in [2.05, 4.69) is 80.8 Å². The van der Waals surface area contributed by atoms with Crippen LogP contribution in [-0.4, -0.2) is 59.6 Å². The fourth-order valence-electron chi connectivity index (χ4n) is 2.99. The lowest BCUT2D eigenvalue weighted by molar-refractivity contribution is 0.214. The largest absolute Gasteiger partial charge is 0.355 e. The number of nitrogens with zero attached hydrogens (tertiary/aromatic N) is 4. The Morgan fingerprint density at radius 2 is 2.17 bits per heavy atom. The average molecular weight is 384 g/mol. The van der Waals surface area contributed by atoms with Gasteiger partial charge in [0.05, 0.1) is 6.54 Å². The minimum absolute atomic E-state index is 0.616. The molecule has 1 aromatic heterocycles. The molecule has 1 aliphatic carbocycles. The second-order valence-electron chi connectivity index (χ2n) is 6.65. The normalized spacial score (nSPS) is 15.6. The molecule has 23 heavy (non-hydrogen) atoms. The number of aromatic nitrogens is 1. The molecule has 0 amide bonds. The molecule has 1 heterocycles. The van der Waals surface area contributed by atoms with E-state index in [9.17, 15) is 0 Å². The third kappa shape index (κ3) is 5.24. The van der Waals surface area contributed by atoms with E-state index >= 15 is 0 Å². The van der Waals surface area contributed by atoms with Gasteiger partial charge < -0.3 is 14.8 Å². The SMILES string of the molecule is CN=C(NCCN(C(C)C)C1CC1)N(C)Cc1cc(Br)cn1C. The summed E-state index contributed by atoms with van der Waals surface area (Å²) in [6, 6.07) is 3.57. The molecular weight excluding hydrogens is 354 g/mol. The average Bonchev–Trinajstić information content (AvgIpc) is 3.25. The van der Waals surface area contributed by atoms with Gasteiger partial charge in [0.2, 0.25) is 0 Å². The summed E-state index contributed by atoms with van der Waals surface area (Å²) in [6.45, 7) is 7.41. The standard InChI is InChI=1S/C17H30BrN5/c1-13(2)23(15-6-7-15)9-8-20-17(19-3)22(5)12-16-10-14(18)11-21(16)4/h10-11,13,15H,6-9,12H2,1-5H3,(H,19,20). The predicted octanol–water partition coefficient (Wildman–Crippen LogP) is 2.67. The van der Waals surface area contributed by atoms with Crippen molar-refractivity contribution in [3.05, 3.63) is 22.4 Å². The van der Waals surface area contributed by atoms with E-state index in [0.717, 1.165) is 36.1 Å². The molecule has 0 aliphatic heterocycles. The second kappa shape index (κ2) is 8.20. The molecule has 2 rings (SSSR count). The van der Waals surface area contributed by atoms with E-state index in [-0.39, 0.29) is 0 Å². The summed E-state index contributed by atoms with van der Waals surface area (Å²) < 4.78 is 3.25. The van der Waals surface area contributed by atoms with Gasteiger partial charge in [-0.1, -0.05) is 0 Å². The van der Waals surface area contributed by atoms with Crippen LogP contribution in [0.4, 0.5) is 0 Å². The smallest absolute Gasteiger partial charge is 0.193 e. The molecule has 1 fully saturated rings. The van der Waals surface area contributed by atoms with Crippen molar-refractivity contribution in [3.63, 3.8) is 0 Å². The maximum absolute atomic E-state index is 4.41. The van der Waals surface area contributed by atoms with Gasteiger partial charge in [-0.05, 0) is 48.7 Å². The van der Waals surface area contributed by atoms with Crippen molar-refractivity contribution in [2.45, 2.75) is 45.3 Å². The van der Waals surface area contributed by atoms with Crippen LogP contribution in [0, 0.1) is 0 Å². The van der Waals surface area contributed by atoms with Gasteiger partial charge in [-0.25, -0.2) is 0 Å². The van der Waals surface area contributed by atoms with Crippen LogP contribution in [0.1, 0.15) is 32.4 Å². The number of halogens is 1. The molecule has 0 spiro atoms. The first-order valence-electron chi connectivity index (χ1n) is 8.40. The van der Waals surface area contributed by atoms with Crippen molar-refractivity contribution in [2.75, 3.05) is 27.2 Å². The van der Waals surface area contributed by atoms with Gasteiger partial charge in [0, 0.05) is 62.7 Å². The molecule has 6 heteroatoms. The molecule has 1 aliphatic rings. The van der Waals surface area contributed by atoms with Gasteiger partial charge >= 0.3 is 0 Å². The Hall–Kier alpha value is -1.01. The van der Waals surface area contributed by atoms with Crippen LogP contribution < -0.4 is 5.32 Å². The number of hydrogen-bond donors (Lipinski definition) is 1. The summed E-state index contributed by atoms with van der Waals surface area (Å²) in [7, 11) is 6.00. The lowest BCUT2D eigenvalue weighted by atomic mass is 10.3. The molecule has 1 saturated carbocycles. The van der Waals surface area contributed by atoms with Crippen LogP contribution in [0.3, 0.4) is 0 Å². The number of rotatable bonds is 7. The predicted molar refractivity (Wildman–Crippen MR) is 101 cm³/mol. The van der Waals surface area contributed by atoms with Crippen molar-refractivity contribution in [1.29, 1.82) is 0 Å². The van der Waals surface area contributed by atoms with Gasteiger partial charge in [0.15, 0.2) is 5.96 Å². The molecule has 130 valence electrons. The van der Waals surface area contributed by atoms with Crippen molar-refractivity contribution < 1.29 is 0 Å². The number of guanidine groups is 1. The number of hydrogen-bond acceptors (Lipinski definition) is 2. The zero-order chi connectivity index (χ0) is 17.0. The second-order valence-corrected chi connectivity index (χ2v) is 7.57. The van der Waals surface area contributed by atoms with Gasteiger partial charge in [-0.15, -0.1) is 0 Å². The zero-order valence-electron chi connectivity index (χ0n) is 15.0. The van der Waals surface area contributed by atoms with E-state index in [1.54, 1.807) is 0 Å². The maximum Gasteiger partial charge on any atom is 0.193 e. The first-order chi connectivity index (χ1) is 10.9. The maximum atomic E-state index is 4.41. The van der Waals surface area contributed by atoms with E-state index in [1.165, 1.54) is 18.5 Å². The fraction of sp³-hybridized carbons (Fsp3) is 0.706. The van der Waals surface area contributed by atoms with Crippen molar-refractivity contribution in [2.24, 2.45) is 12.0 Å². The highest BCUT2D eigenvalue weighted by atomic mass is 79.9. The molecule has 1 aromatic rings. The van der Waals surface area contributed by atoms with E-state index in [0.29, 0.717) is 6.04 Å². The highest BCUT2D eigenvalue weighted by Gasteiger charge is 2.30. The summed E-state index contributed by atoms with van der Waals surface area (Å²) in [5.74, 6) is 0.946. The molecule has 0 aromatic carbocycles. The van der Waals surface area contributed by atoms with Gasteiger partial charge in [0.1, 0.15) is 0 Å². The third-order valence-electron chi connectivity index (χ3n) is 4.38. The Bertz CT molecular complexity index is 531.